The maximum atomic E-state index is 13.1. The number of ether oxygens (including phenoxy) is 4. The third-order valence-electron chi connectivity index (χ3n) is 9.19. The van der Waals surface area contributed by atoms with Crippen molar-refractivity contribution in [2.24, 2.45) is 5.92 Å². The Morgan fingerprint density at radius 1 is 0.654 bits per heavy atom. The normalized spacial score (nSPS) is 13.3. The zero-order valence-corrected chi connectivity index (χ0v) is 32.1. The number of nitrogens with one attached hydrogen (secondary N) is 2. The Balaban J connectivity index is 1.44. The molecule has 0 saturated carbocycles. The summed E-state index contributed by atoms with van der Waals surface area (Å²) in [5.41, 5.74) is 3.73. The summed E-state index contributed by atoms with van der Waals surface area (Å²) in [6.45, 7) is 10.4. The largest absolute Gasteiger partial charge is 0.465 e. The van der Waals surface area contributed by atoms with Crippen LogP contribution in [0.5, 0.6) is 0 Å². The van der Waals surface area contributed by atoms with Crippen LogP contribution in [0, 0.1) is 5.92 Å². The summed E-state index contributed by atoms with van der Waals surface area (Å²) in [4.78, 5) is 51.1. The Kier molecular flexibility index (Phi) is 18.5. The summed E-state index contributed by atoms with van der Waals surface area (Å²) in [6, 6.07) is 15.1. The Morgan fingerprint density at radius 2 is 1.21 bits per heavy atom. The molecule has 2 aromatic carbocycles. The number of hydrogen-bond acceptors (Lipinski definition) is 8. The number of carbonyl (C=O) groups excluding carboxylic acids is 4. The first-order valence-corrected chi connectivity index (χ1v) is 19.5. The van der Waals surface area contributed by atoms with Crippen molar-refractivity contribution >= 4 is 24.1 Å². The molecule has 0 bridgehead atoms. The Labute approximate surface area is 311 Å². The number of amides is 2. The minimum absolute atomic E-state index is 0.00876. The van der Waals surface area contributed by atoms with Crippen LogP contribution in [0.15, 0.2) is 48.5 Å². The molecule has 3 rings (SSSR count). The van der Waals surface area contributed by atoms with Crippen molar-refractivity contribution in [2.45, 2.75) is 136 Å². The van der Waals surface area contributed by atoms with E-state index in [9.17, 15) is 19.2 Å². The van der Waals surface area contributed by atoms with E-state index in [0.29, 0.717) is 13.0 Å². The molecular formula is C42H62N2O8. The van der Waals surface area contributed by atoms with Crippen LogP contribution in [0.4, 0.5) is 9.59 Å². The molecule has 0 saturated heterocycles. The Hall–Kier alpha value is -4.08. The molecule has 0 radical (unpaired) electrons. The summed E-state index contributed by atoms with van der Waals surface area (Å²) in [5, 5.41) is 5.29. The zero-order valence-electron chi connectivity index (χ0n) is 32.1. The van der Waals surface area contributed by atoms with Crippen molar-refractivity contribution in [1.82, 2.24) is 10.6 Å². The van der Waals surface area contributed by atoms with Gasteiger partial charge in [-0.2, -0.15) is 0 Å². The fraction of sp³-hybridized carbons (Fsp3) is 0.619. The van der Waals surface area contributed by atoms with Crippen LogP contribution in [0.1, 0.15) is 135 Å². The topological polar surface area (TPSA) is 129 Å². The number of rotatable bonds is 23. The van der Waals surface area contributed by atoms with Gasteiger partial charge in [-0.3, -0.25) is 4.79 Å². The molecule has 0 heterocycles. The van der Waals surface area contributed by atoms with Gasteiger partial charge in [0.1, 0.15) is 18.2 Å². The van der Waals surface area contributed by atoms with Gasteiger partial charge in [-0.05, 0) is 88.0 Å². The van der Waals surface area contributed by atoms with Gasteiger partial charge in [0.05, 0.1) is 19.1 Å². The lowest BCUT2D eigenvalue weighted by Gasteiger charge is -2.21. The number of esters is 2. The van der Waals surface area contributed by atoms with Gasteiger partial charge in [0.2, 0.25) is 0 Å². The third kappa shape index (κ3) is 14.9. The average Bonchev–Trinajstić information content (AvgIpc) is 3.43. The number of fused-ring (bicyclic) bond motifs is 3. The quantitative estimate of drug-likeness (QED) is 0.0660. The molecule has 2 amide bonds. The van der Waals surface area contributed by atoms with Gasteiger partial charge < -0.3 is 29.6 Å². The minimum Gasteiger partial charge on any atom is -0.465 e. The first-order chi connectivity index (χ1) is 25.0. The van der Waals surface area contributed by atoms with Crippen LogP contribution in [0.25, 0.3) is 11.1 Å². The highest BCUT2D eigenvalue weighted by molar-refractivity contribution is 5.82. The molecule has 2 aromatic rings. The highest BCUT2D eigenvalue weighted by Gasteiger charge is 2.30. The van der Waals surface area contributed by atoms with Crippen LogP contribution < -0.4 is 10.6 Å². The summed E-state index contributed by atoms with van der Waals surface area (Å²) >= 11 is 0. The van der Waals surface area contributed by atoms with E-state index in [0.717, 1.165) is 80.0 Å². The van der Waals surface area contributed by atoms with Gasteiger partial charge >= 0.3 is 24.1 Å². The molecule has 0 spiro atoms. The van der Waals surface area contributed by atoms with Gasteiger partial charge in [0.15, 0.2) is 0 Å². The van der Waals surface area contributed by atoms with Gasteiger partial charge in [0.25, 0.3) is 0 Å². The molecule has 10 nitrogen and oxygen atoms in total. The van der Waals surface area contributed by atoms with E-state index in [1.54, 1.807) is 20.8 Å². The second-order valence-corrected chi connectivity index (χ2v) is 14.7. The summed E-state index contributed by atoms with van der Waals surface area (Å²) in [6.07, 6.45) is 10.2. The van der Waals surface area contributed by atoms with E-state index in [-0.39, 0.29) is 44.0 Å². The van der Waals surface area contributed by atoms with Crippen LogP contribution >= 0.6 is 0 Å². The van der Waals surface area contributed by atoms with Crippen molar-refractivity contribution in [3.63, 3.8) is 0 Å². The van der Waals surface area contributed by atoms with E-state index in [1.165, 1.54) is 12.8 Å². The van der Waals surface area contributed by atoms with E-state index >= 15 is 0 Å². The van der Waals surface area contributed by atoms with Crippen molar-refractivity contribution in [3.8, 4) is 11.1 Å². The molecule has 0 fully saturated rings. The van der Waals surface area contributed by atoms with Gasteiger partial charge in [-0.25, -0.2) is 14.4 Å². The second-order valence-electron chi connectivity index (χ2n) is 14.7. The minimum atomic E-state index is -1.03. The molecule has 288 valence electrons. The maximum Gasteiger partial charge on any atom is 0.407 e. The van der Waals surface area contributed by atoms with E-state index < -0.39 is 29.8 Å². The molecule has 2 N–H and O–H groups in total. The first-order valence-electron chi connectivity index (χ1n) is 19.5. The van der Waals surface area contributed by atoms with Crippen molar-refractivity contribution < 1.29 is 38.1 Å². The van der Waals surface area contributed by atoms with E-state index in [1.807, 2.05) is 36.4 Å². The standard InChI is InChI=1S/C42H62N2O8/c1-6-8-10-13-21-31(20-9-7-2)38(45)49-28-18-11-12-19-29-50-39(46)37(26-27-43-40(47)52-42(3,4)5)44-41(48)51-30-36-34-24-16-14-22-32(34)33-23-15-17-25-35(33)36/h14-17,22-25,31,36-37H,6-13,18-21,26-30H2,1-5H3,(H,43,47)(H,44,48)/t31?,37-/m0/s1. The molecule has 2 atom stereocenters. The molecule has 52 heavy (non-hydrogen) atoms. The average molecular weight is 723 g/mol. The number of unbranched alkanes of at least 4 members (excludes halogenated alkanes) is 7. The fourth-order valence-corrected chi connectivity index (χ4v) is 6.43. The molecule has 1 aliphatic carbocycles. The smallest absolute Gasteiger partial charge is 0.407 e. The van der Waals surface area contributed by atoms with E-state index in [4.69, 9.17) is 18.9 Å². The van der Waals surface area contributed by atoms with Crippen LogP contribution in [0.3, 0.4) is 0 Å². The lowest BCUT2D eigenvalue weighted by molar-refractivity contribution is -0.149. The molecule has 0 aliphatic heterocycles. The van der Waals surface area contributed by atoms with Gasteiger partial charge in [-0.15, -0.1) is 0 Å². The highest BCUT2D eigenvalue weighted by atomic mass is 16.6. The predicted octanol–water partition coefficient (Wildman–Crippen LogP) is 9.23. The highest BCUT2D eigenvalue weighted by Crippen LogP contribution is 2.44. The van der Waals surface area contributed by atoms with Crippen LogP contribution in [-0.2, 0) is 28.5 Å². The number of carbonyl (C=O) groups is 4. The number of benzene rings is 2. The monoisotopic (exact) mass is 722 g/mol. The summed E-state index contributed by atoms with van der Waals surface area (Å²) in [7, 11) is 0. The van der Waals surface area contributed by atoms with Crippen molar-refractivity contribution in [1.29, 1.82) is 0 Å². The molecule has 1 aliphatic rings. The molecule has 1 unspecified atom stereocenters. The van der Waals surface area contributed by atoms with Gasteiger partial charge in [-0.1, -0.05) is 101 Å². The lowest BCUT2D eigenvalue weighted by atomic mass is 9.95. The molecular weight excluding hydrogens is 660 g/mol. The number of hydrogen-bond donors (Lipinski definition) is 2. The predicted molar refractivity (Wildman–Crippen MR) is 203 cm³/mol. The fourth-order valence-electron chi connectivity index (χ4n) is 6.43. The Morgan fingerprint density at radius 3 is 1.81 bits per heavy atom. The van der Waals surface area contributed by atoms with Crippen molar-refractivity contribution in [2.75, 3.05) is 26.4 Å². The van der Waals surface area contributed by atoms with Crippen LogP contribution in [-0.4, -0.2) is 62.1 Å². The lowest BCUT2D eigenvalue weighted by Crippen LogP contribution is -2.45. The maximum absolute atomic E-state index is 13.1. The van der Waals surface area contributed by atoms with Gasteiger partial charge in [0, 0.05) is 12.5 Å². The Bertz CT molecular complexity index is 1360. The molecule has 10 heteroatoms. The second kappa shape index (κ2) is 22.8. The van der Waals surface area contributed by atoms with E-state index in [2.05, 4.69) is 36.6 Å². The summed E-state index contributed by atoms with van der Waals surface area (Å²) < 4.78 is 22.1. The number of alkyl carbamates (subject to hydrolysis) is 2. The van der Waals surface area contributed by atoms with Crippen LogP contribution in [0.2, 0.25) is 0 Å². The van der Waals surface area contributed by atoms with Crippen molar-refractivity contribution in [3.05, 3.63) is 59.7 Å². The first kappa shape index (κ1) is 42.3. The molecule has 0 aromatic heterocycles. The third-order valence-corrected chi connectivity index (χ3v) is 9.19. The SMILES string of the molecule is CCCCCCC(CCCC)C(=O)OCCCCCCOC(=O)[C@H](CCNC(=O)OC(C)(C)C)NC(=O)OCC1c2ccccc2-c2ccccc21. The summed E-state index contributed by atoms with van der Waals surface area (Å²) in [5.74, 6) is -0.815. The zero-order chi connectivity index (χ0) is 37.8.